The number of hydrogen-bond donors (Lipinski definition) is 0. The lowest BCUT2D eigenvalue weighted by Gasteiger charge is -2.27. The van der Waals surface area contributed by atoms with Crippen LogP contribution in [-0.4, -0.2) is 24.6 Å². The maximum absolute atomic E-state index is 12.2. The number of rotatable bonds is 4. The minimum absolute atomic E-state index is 0.212. The van der Waals surface area contributed by atoms with Gasteiger partial charge >= 0.3 is 11.9 Å². The van der Waals surface area contributed by atoms with Crippen molar-refractivity contribution in [1.82, 2.24) is 0 Å². The first-order valence-corrected chi connectivity index (χ1v) is 7.64. The number of aryl methyl sites for hydroxylation is 1. The predicted molar refractivity (Wildman–Crippen MR) is 84.1 cm³/mol. The Bertz CT molecular complexity index is 571. The molecule has 0 heterocycles. The molecule has 4 heteroatoms. The van der Waals surface area contributed by atoms with Crippen LogP contribution in [0.3, 0.4) is 0 Å². The minimum Gasteiger partial charge on any atom is -0.466 e. The zero-order valence-electron chi connectivity index (χ0n) is 13.3. The van der Waals surface area contributed by atoms with Gasteiger partial charge in [0.2, 0.25) is 0 Å². The van der Waals surface area contributed by atoms with E-state index < -0.39 is 0 Å². The number of carbonyl (C=O) groups excluding carboxylic acids is 2. The standard InChI is InChI=1S/C18H22O4/c1-4-21-18(20)16-10-9-15(22-13(3)19)11-17(16)14-7-5-12(2)6-8-14/h5-8,11,15-16H,4,9-10H2,1-3H3. The largest absolute Gasteiger partial charge is 0.466 e. The van der Waals surface area contributed by atoms with E-state index in [2.05, 4.69) is 0 Å². The predicted octanol–water partition coefficient (Wildman–Crippen LogP) is 3.28. The van der Waals surface area contributed by atoms with E-state index in [1.54, 1.807) is 6.92 Å². The average Bonchev–Trinajstić information content (AvgIpc) is 2.47. The van der Waals surface area contributed by atoms with Crippen molar-refractivity contribution in [3.63, 3.8) is 0 Å². The average molecular weight is 302 g/mol. The quantitative estimate of drug-likeness (QED) is 0.801. The van der Waals surface area contributed by atoms with Gasteiger partial charge in [-0.25, -0.2) is 0 Å². The first-order valence-electron chi connectivity index (χ1n) is 7.64. The molecule has 1 aromatic carbocycles. The van der Waals surface area contributed by atoms with E-state index in [0.717, 1.165) is 16.7 Å². The fourth-order valence-corrected chi connectivity index (χ4v) is 2.72. The van der Waals surface area contributed by atoms with Crippen molar-refractivity contribution < 1.29 is 19.1 Å². The Labute approximate surface area is 131 Å². The van der Waals surface area contributed by atoms with E-state index in [-0.39, 0.29) is 24.0 Å². The van der Waals surface area contributed by atoms with Crippen molar-refractivity contribution in [1.29, 1.82) is 0 Å². The SMILES string of the molecule is CCOC(=O)C1CCC(OC(C)=O)C=C1c1ccc(C)cc1. The van der Waals surface area contributed by atoms with E-state index in [0.29, 0.717) is 19.4 Å². The van der Waals surface area contributed by atoms with Crippen LogP contribution in [0.25, 0.3) is 5.57 Å². The molecule has 4 nitrogen and oxygen atoms in total. The molecule has 118 valence electrons. The molecular formula is C18H22O4. The molecule has 2 atom stereocenters. The summed E-state index contributed by atoms with van der Waals surface area (Å²) in [6, 6.07) is 7.99. The number of carbonyl (C=O) groups is 2. The molecule has 2 rings (SSSR count). The molecule has 0 aromatic heterocycles. The molecule has 1 aliphatic carbocycles. The van der Waals surface area contributed by atoms with Crippen LogP contribution in [-0.2, 0) is 19.1 Å². The number of ether oxygens (including phenoxy) is 2. The maximum Gasteiger partial charge on any atom is 0.313 e. The van der Waals surface area contributed by atoms with Gasteiger partial charge in [-0.1, -0.05) is 29.8 Å². The van der Waals surface area contributed by atoms with Crippen LogP contribution in [0.1, 0.15) is 37.8 Å². The molecule has 0 radical (unpaired) electrons. The van der Waals surface area contributed by atoms with Crippen molar-refractivity contribution in [2.75, 3.05) is 6.61 Å². The highest BCUT2D eigenvalue weighted by Gasteiger charge is 2.31. The van der Waals surface area contributed by atoms with E-state index in [9.17, 15) is 9.59 Å². The van der Waals surface area contributed by atoms with Crippen molar-refractivity contribution in [2.45, 2.75) is 39.7 Å². The summed E-state index contributed by atoms with van der Waals surface area (Å²) in [7, 11) is 0. The second-order valence-electron chi connectivity index (χ2n) is 5.52. The molecule has 1 aliphatic rings. The topological polar surface area (TPSA) is 52.6 Å². The fraction of sp³-hybridized carbons (Fsp3) is 0.444. The van der Waals surface area contributed by atoms with E-state index in [1.807, 2.05) is 37.3 Å². The molecule has 22 heavy (non-hydrogen) atoms. The number of hydrogen-bond acceptors (Lipinski definition) is 4. The van der Waals surface area contributed by atoms with Gasteiger partial charge in [-0.15, -0.1) is 0 Å². The van der Waals surface area contributed by atoms with Gasteiger partial charge in [0.25, 0.3) is 0 Å². The van der Waals surface area contributed by atoms with Crippen LogP contribution < -0.4 is 0 Å². The molecule has 0 bridgehead atoms. The van der Waals surface area contributed by atoms with Gasteiger partial charge in [0.05, 0.1) is 12.5 Å². The first-order chi connectivity index (χ1) is 10.5. The third kappa shape index (κ3) is 3.97. The second kappa shape index (κ2) is 7.25. The molecule has 0 fully saturated rings. The molecule has 0 aliphatic heterocycles. The van der Waals surface area contributed by atoms with E-state index in [1.165, 1.54) is 6.92 Å². The first kappa shape index (κ1) is 16.3. The summed E-state index contributed by atoms with van der Waals surface area (Å²) >= 11 is 0. The lowest BCUT2D eigenvalue weighted by Crippen LogP contribution is -2.27. The smallest absolute Gasteiger partial charge is 0.313 e. The number of benzene rings is 1. The van der Waals surface area contributed by atoms with Crippen LogP contribution >= 0.6 is 0 Å². The third-order valence-electron chi connectivity index (χ3n) is 3.75. The molecular weight excluding hydrogens is 280 g/mol. The van der Waals surface area contributed by atoms with Crippen LogP contribution in [0.4, 0.5) is 0 Å². The monoisotopic (exact) mass is 302 g/mol. The summed E-state index contributed by atoms with van der Waals surface area (Å²) in [5.74, 6) is -0.816. The highest BCUT2D eigenvalue weighted by Crippen LogP contribution is 2.34. The minimum atomic E-state index is -0.306. The highest BCUT2D eigenvalue weighted by molar-refractivity contribution is 5.89. The second-order valence-corrected chi connectivity index (χ2v) is 5.52. The van der Waals surface area contributed by atoms with Crippen molar-refractivity contribution in [3.05, 3.63) is 41.5 Å². The Balaban J connectivity index is 2.33. The zero-order valence-corrected chi connectivity index (χ0v) is 13.3. The molecule has 1 aromatic rings. The van der Waals surface area contributed by atoms with Gasteiger partial charge in [-0.2, -0.15) is 0 Å². The van der Waals surface area contributed by atoms with Crippen molar-refractivity contribution in [2.24, 2.45) is 5.92 Å². The molecule has 0 saturated carbocycles. The van der Waals surface area contributed by atoms with Crippen LogP contribution in [0.2, 0.25) is 0 Å². The van der Waals surface area contributed by atoms with Gasteiger partial charge in [0.1, 0.15) is 6.10 Å². The summed E-state index contributed by atoms with van der Waals surface area (Å²) < 4.78 is 10.5. The van der Waals surface area contributed by atoms with E-state index in [4.69, 9.17) is 9.47 Å². The fourth-order valence-electron chi connectivity index (χ4n) is 2.72. The van der Waals surface area contributed by atoms with Crippen LogP contribution in [0.5, 0.6) is 0 Å². The lowest BCUT2D eigenvalue weighted by molar-refractivity contribution is -0.147. The Morgan fingerprint density at radius 3 is 2.45 bits per heavy atom. The summed E-state index contributed by atoms with van der Waals surface area (Å²) in [4.78, 5) is 23.4. The molecule has 0 saturated heterocycles. The van der Waals surface area contributed by atoms with E-state index >= 15 is 0 Å². The Morgan fingerprint density at radius 1 is 1.18 bits per heavy atom. The summed E-state index contributed by atoms with van der Waals surface area (Å²) in [6.45, 7) is 5.59. The summed E-state index contributed by atoms with van der Waals surface area (Å²) in [5, 5.41) is 0. The number of esters is 2. The Morgan fingerprint density at radius 2 is 1.86 bits per heavy atom. The molecule has 0 amide bonds. The normalized spacial score (nSPS) is 21.0. The Kier molecular flexibility index (Phi) is 5.36. The maximum atomic E-state index is 12.2. The van der Waals surface area contributed by atoms with Gasteiger partial charge in [-0.3, -0.25) is 9.59 Å². The van der Waals surface area contributed by atoms with Gasteiger partial charge < -0.3 is 9.47 Å². The lowest BCUT2D eigenvalue weighted by atomic mass is 9.82. The molecule has 0 N–H and O–H groups in total. The molecule has 2 unspecified atom stereocenters. The summed E-state index contributed by atoms with van der Waals surface area (Å²) in [5.41, 5.74) is 3.01. The third-order valence-corrected chi connectivity index (χ3v) is 3.75. The highest BCUT2D eigenvalue weighted by atomic mass is 16.5. The van der Waals surface area contributed by atoms with Crippen molar-refractivity contribution >= 4 is 17.5 Å². The van der Waals surface area contributed by atoms with Gasteiger partial charge in [-0.05, 0) is 43.9 Å². The summed E-state index contributed by atoms with van der Waals surface area (Å²) in [6.07, 6.45) is 2.87. The zero-order chi connectivity index (χ0) is 16.1. The van der Waals surface area contributed by atoms with Crippen LogP contribution in [0, 0.1) is 12.8 Å². The Hall–Kier alpha value is -2.10. The van der Waals surface area contributed by atoms with Crippen LogP contribution in [0.15, 0.2) is 30.3 Å². The molecule has 0 spiro atoms. The van der Waals surface area contributed by atoms with Gasteiger partial charge in [0, 0.05) is 6.92 Å². The van der Waals surface area contributed by atoms with Crippen molar-refractivity contribution in [3.8, 4) is 0 Å². The van der Waals surface area contributed by atoms with Gasteiger partial charge in [0.15, 0.2) is 0 Å².